The zero-order chi connectivity index (χ0) is 24.9. The fourth-order valence-corrected chi connectivity index (χ4v) is 4.38. The number of aromatic nitrogens is 6. The topological polar surface area (TPSA) is 79.9 Å². The molecule has 0 saturated carbocycles. The number of ether oxygens (including phenoxy) is 2. The second kappa shape index (κ2) is 10.7. The lowest BCUT2D eigenvalue weighted by atomic mass is 10.2. The van der Waals surface area contributed by atoms with Crippen LogP contribution in [0, 0.1) is 0 Å². The average molecular weight is 491 g/mol. The van der Waals surface area contributed by atoms with Gasteiger partial charge in [-0.3, -0.25) is 0 Å². The number of hydrogen-bond acceptors (Lipinski definition) is 6. The molecule has 2 atom stereocenters. The predicted molar refractivity (Wildman–Crippen MR) is 140 cm³/mol. The Labute approximate surface area is 214 Å². The predicted octanol–water partition coefficient (Wildman–Crippen LogP) is 5.70. The molecular weight excluding hydrogens is 464 g/mol. The van der Waals surface area contributed by atoms with E-state index in [0.29, 0.717) is 19.6 Å². The van der Waals surface area contributed by atoms with Crippen LogP contribution < -0.4 is 0 Å². The van der Waals surface area contributed by atoms with Gasteiger partial charge in [0.25, 0.3) is 0 Å². The molecule has 2 aromatic heterocycles. The fraction of sp³-hybridized carbons (Fsp3) is 0.172. The van der Waals surface area contributed by atoms with Gasteiger partial charge in [0.2, 0.25) is 0 Å². The first-order chi connectivity index (χ1) is 18.3. The molecule has 6 rings (SSSR count). The molecule has 8 heteroatoms. The first-order valence-electron chi connectivity index (χ1n) is 12.3. The van der Waals surface area contributed by atoms with Crippen LogP contribution in [0.3, 0.4) is 0 Å². The molecule has 0 N–H and O–H groups in total. The van der Waals surface area contributed by atoms with Gasteiger partial charge in [0.05, 0.1) is 24.2 Å². The molecule has 6 aromatic rings. The highest BCUT2D eigenvalue weighted by Crippen LogP contribution is 2.30. The lowest BCUT2D eigenvalue weighted by Crippen LogP contribution is -2.23. The summed E-state index contributed by atoms with van der Waals surface area (Å²) in [5.41, 5.74) is 5.55. The van der Waals surface area contributed by atoms with E-state index >= 15 is 0 Å². The summed E-state index contributed by atoms with van der Waals surface area (Å²) in [6, 6.07) is 35.9. The standard InChI is InChI=1S/C29H26N6O2/c1-3-11-22(12-4-1)20-36-28(34-26-17-9-7-15-24(26)30-32-34)19-29(37-21-23-13-5-2-6-14-23)35-27-18-10-8-16-25(27)31-33-35/h1-18,28-29H,19-21H2/t28-,29-/m1/s1. The minimum Gasteiger partial charge on any atom is -0.352 e. The zero-order valence-corrected chi connectivity index (χ0v) is 20.2. The monoisotopic (exact) mass is 490 g/mol. The van der Waals surface area contributed by atoms with Crippen molar-refractivity contribution in [3.63, 3.8) is 0 Å². The molecular formula is C29H26N6O2. The number of benzene rings is 4. The van der Waals surface area contributed by atoms with Gasteiger partial charge in [0, 0.05) is 6.42 Å². The summed E-state index contributed by atoms with van der Waals surface area (Å²) in [5.74, 6) is 0. The first kappa shape index (κ1) is 23.0. The van der Waals surface area contributed by atoms with Crippen LogP contribution in [0.5, 0.6) is 0 Å². The normalized spacial score (nSPS) is 13.2. The Bertz CT molecular complexity index is 1460. The molecule has 184 valence electrons. The van der Waals surface area contributed by atoms with Gasteiger partial charge in [0.15, 0.2) is 12.5 Å². The van der Waals surface area contributed by atoms with Crippen molar-refractivity contribution in [1.82, 2.24) is 30.0 Å². The minimum absolute atomic E-state index is 0.420. The van der Waals surface area contributed by atoms with Gasteiger partial charge >= 0.3 is 0 Å². The molecule has 0 aliphatic heterocycles. The SMILES string of the molecule is c1ccc(CO[C@H](C[C@@H](OCc2ccccc2)n2nnc3ccccc32)n2nnc3ccccc32)cc1. The van der Waals surface area contributed by atoms with Gasteiger partial charge in [-0.15, -0.1) is 10.2 Å². The molecule has 0 aliphatic carbocycles. The average Bonchev–Trinajstić information content (AvgIpc) is 3.59. The second-order valence-corrected chi connectivity index (χ2v) is 8.78. The number of hydrogen-bond donors (Lipinski definition) is 0. The molecule has 0 radical (unpaired) electrons. The molecule has 4 aromatic carbocycles. The fourth-order valence-electron chi connectivity index (χ4n) is 4.38. The molecule has 0 saturated heterocycles. The highest BCUT2D eigenvalue weighted by atomic mass is 16.5. The third-order valence-electron chi connectivity index (χ3n) is 6.27. The van der Waals surface area contributed by atoms with Crippen molar-refractivity contribution in [3.8, 4) is 0 Å². The van der Waals surface area contributed by atoms with Crippen LogP contribution in [0.1, 0.15) is 30.0 Å². The Morgan fingerprint density at radius 3 is 1.38 bits per heavy atom. The van der Waals surface area contributed by atoms with E-state index < -0.39 is 12.5 Å². The molecule has 0 amide bonds. The Morgan fingerprint density at radius 1 is 0.514 bits per heavy atom. The van der Waals surface area contributed by atoms with E-state index in [2.05, 4.69) is 20.6 Å². The number of fused-ring (bicyclic) bond motifs is 2. The first-order valence-corrected chi connectivity index (χ1v) is 12.3. The van der Waals surface area contributed by atoms with Crippen molar-refractivity contribution < 1.29 is 9.47 Å². The van der Waals surface area contributed by atoms with E-state index in [0.717, 1.165) is 33.2 Å². The summed E-state index contributed by atoms with van der Waals surface area (Å²) in [6.07, 6.45) is -0.479. The molecule has 0 spiro atoms. The van der Waals surface area contributed by atoms with Gasteiger partial charge in [0.1, 0.15) is 11.0 Å². The smallest absolute Gasteiger partial charge is 0.157 e. The lowest BCUT2D eigenvalue weighted by Gasteiger charge is -2.25. The molecule has 0 fully saturated rings. The third kappa shape index (κ3) is 5.11. The second-order valence-electron chi connectivity index (χ2n) is 8.78. The maximum absolute atomic E-state index is 6.49. The maximum atomic E-state index is 6.49. The summed E-state index contributed by atoms with van der Waals surface area (Å²) in [7, 11) is 0. The van der Waals surface area contributed by atoms with E-state index in [1.54, 1.807) is 0 Å². The van der Waals surface area contributed by atoms with E-state index in [-0.39, 0.29) is 0 Å². The van der Waals surface area contributed by atoms with Gasteiger partial charge in [-0.1, -0.05) is 95.4 Å². The minimum atomic E-state index is -0.462. The third-order valence-corrected chi connectivity index (χ3v) is 6.27. The Kier molecular flexibility index (Phi) is 6.66. The zero-order valence-electron chi connectivity index (χ0n) is 20.2. The van der Waals surface area contributed by atoms with E-state index in [9.17, 15) is 0 Å². The Balaban J connectivity index is 1.35. The maximum Gasteiger partial charge on any atom is 0.157 e. The Hall–Kier alpha value is -4.40. The lowest BCUT2D eigenvalue weighted by molar-refractivity contribution is -0.0935. The quantitative estimate of drug-likeness (QED) is 0.245. The number of nitrogens with zero attached hydrogens (tertiary/aromatic N) is 6. The molecule has 37 heavy (non-hydrogen) atoms. The summed E-state index contributed by atoms with van der Waals surface area (Å²) in [6.45, 7) is 0.840. The van der Waals surface area contributed by atoms with Crippen LogP contribution in [0.15, 0.2) is 109 Å². The molecule has 2 heterocycles. The van der Waals surface area contributed by atoms with E-state index in [4.69, 9.17) is 9.47 Å². The van der Waals surface area contributed by atoms with E-state index in [1.807, 2.05) is 119 Å². The van der Waals surface area contributed by atoms with Gasteiger partial charge in [-0.2, -0.15) is 0 Å². The molecule has 0 aliphatic rings. The van der Waals surface area contributed by atoms with Gasteiger partial charge in [-0.25, -0.2) is 9.36 Å². The molecule has 8 nitrogen and oxygen atoms in total. The number of para-hydroxylation sites is 2. The van der Waals surface area contributed by atoms with E-state index in [1.165, 1.54) is 0 Å². The summed E-state index contributed by atoms with van der Waals surface area (Å²) in [4.78, 5) is 0. The summed E-state index contributed by atoms with van der Waals surface area (Å²) < 4.78 is 16.6. The summed E-state index contributed by atoms with van der Waals surface area (Å²) in [5, 5.41) is 17.7. The van der Waals surface area contributed by atoms with Crippen LogP contribution in [-0.4, -0.2) is 30.0 Å². The number of rotatable bonds is 10. The van der Waals surface area contributed by atoms with Crippen LogP contribution in [0.25, 0.3) is 22.1 Å². The Morgan fingerprint density at radius 2 is 0.919 bits per heavy atom. The van der Waals surface area contributed by atoms with Crippen molar-refractivity contribution in [2.45, 2.75) is 32.1 Å². The van der Waals surface area contributed by atoms with Crippen LogP contribution in [-0.2, 0) is 22.7 Å². The summed E-state index contributed by atoms with van der Waals surface area (Å²) >= 11 is 0. The molecule has 0 unspecified atom stereocenters. The van der Waals surface area contributed by atoms with Crippen molar-refractivity contribution in [3.05, 3.63) is 120 Å². The van der Waals surface area contributed by atoms with Crippen molar-refractivity contribution in [2.75, 3.05) is 0 Å². The highest BCUT2D eigenvalue weighted by Gasteiger charge is 2.26. The van der Waals surface area contributed by atoms with Gasteiger partial charge < -0.3 is 9.47 Å². The molecule has 0 bridgehead atoms. The van der Waals surface area contributed by atoms with Crippen molar-refractivity contribution >= 4 is 22.1 Å². The van der Waals surface area contributed by atoms with Crippen LogP contribution >= 0.6 is 0 Å². The van der Waals surface area contributed by atoms with Gasteiger partial charge in [-0.05, 0) is 35.4 Å². The largest absolute Gasteiger partial charge is 0.352 e. The van der Waals surface area contributed by atoms with Crippen LogP contribution in [0.4, 0.5) is 0 Å². The van der Waals surface area contributed by atoms with Crippen molar-refractivity contribution in [2.24, 2.45) is 0 Å². The van der Waals surface area contributed by atoms with Crippen molar-refractivity contribution in [1.29, 1.82) is 0 Å². The highest BCUT2D eigenvalue weighted by molar-refractivity contribution is 5.74. The van der Waals surface area contributed by atoms with Crippen LogP contribution in [0.2, 0.25) is 0 Å².